The summed E-state index contributed by atoms with van der Waals surface area (Å²) in [6.45, 7) is 0. The standard InChI is InChI=1S/C3Cl2N3O4.Na/c4-6-1(9)7(5)3(11)8(12)2(6)10;/q-1;+1. The van der Waals surface area contributed by atoms with Crippen LogP contribution >= 0.6 is 23.6 Å². The van der Waals surface area contributed by atoms with Crippen molar-refractivity contribution in [2.24, 2.45) is 0 Å². The summed E-state index contributed by atoms with van der Waals surface area (Å²) in [6.07, 6.45) is 0. The van der Waals surface area contributed by atoms with Gasteiger partial charge in [0, 0.05) is 23.6 Å². The first-order valence-corrected chi connectivity index (χ1v) is 3.15. The molecule has 0 saturated heterocycles. The SMILES string of the molecule is O=c1n([O-])c(=O)n(Cl)c(=O)n1Cl.[Na+]. The second-order valence-corrected chi connectivity index (χ2v) is 2.38. The Kier molecular flexibility index (Phi) is 4.27. The maximum absolute atomic E-state index is 10.7. The number of rotatable bonds is 0. The molecule has 0 saturated carbocycles. The minimum Gasteiger partial charge on any atom is -0.799 e. The van der Waals surface area contributed by atoms with Gasteiger partial charge in [-0.25, -0.2) is 14.4 Å². The van der Waals surface area contributed by atoms with Crippen molar-refractivity contribution in [3.8, 4) is 0 Å². The third-order valence-electron chi connectivity index (χ3n) is 1.02. The Labute approximate surface area is 102 Å². The molecule has 0 fully saturated rings. The van der Waals surface area contributed by atoms with E-state index in [0.29, 0.717) is 0 Å². The van der Waals surface area contributed by atoms with Crippen LogP contribution in [0.15, 0.2) is 14.4 Å². The van der Waals surface area contributed by atoms with Crippen molar-refractivity contribution >= 4 is 23.6 Å². The zero-order valence-electron chi connectivity index (χ0n) is 6.23. The van der Waals surface area contributed by atoms with Gasteiger partial charge in [0.2, 0.25) is 0 Å². The molecule has 0 aliphatic heterocycles. The third-order valence-corrected chi connectivity index (χ3v) is 1.60. The molecule has 0 spiro atoms. The zero-order chi connectivity index (χ0) is 9.46. The average Bonchev–Trinajstić information content (AvgIpc) is 2.08. The van der Waals surface area contributed by atoms with Crippen LogP contribution in [-0.2, 0) is 0 Å². The van der Waals surface area contributed by atoms with Crippen LogP contribution in [0.5, 0.6) is 0 Å². The van der Waals surface area contributed by atoms with E-state index in [1.165, 1.54) is 0 Å². The molecule has 0 amide bonds. The smallest absolute Gasteiger partial charge is 0.799 e. The van der Waals surface area contributed by atoms with Gasteiger partial charge in [-0.2, -0.15) is 0 Å². The normalized spacial score (nSPS) is 9.38. The summed E-state index contributed by atoms with van der Waals surface area (Å²) in [5.74, 6) is 0. The maximum atomic E-state index is 10.7. The van der Waals surface area contributed by atoms with Gasteiger partial charge in [-0.3, -0.25) is 4.73 Å². The van der Waals surface area contributed by atoms with Crippen LogP contribution in [0, 0.1) is 5.21 Å². The molecule has 1 heterocycles. The first kappa shape index (κ1) is 12.8. The second kappa shape index (κ2) is 4.34. The molecular formula is C3Cl2N3NaO4. The van der Waals surface area contributed by atoms with E-state index in [0.717, 1.165) is 0 Å². The minimum atomic E-state index is -1.48. The van der Waals surface area contributed by atoms with Crippen LogP contribution in [0.4, 0.5) is 0 Å². The Bertz CT molecular complexity index is 385. The fourth-order valence-electron chi connectivity index (χ4n) is 0.482. The van der Waals surface area contributed by atoms with E-state index < -0.39 is 21.8 Å². The molecule has 0 aromatic carbocycles. The molecule has 10 heteroatoms. The summed E-state index contributed by atoms with van der Waals surface area (Å²) in [5.41, 5.74) is -4.24. The van der Waals surface area contributed by atoms with Gasteiger partial charge in [0.15, 0.2) is 0 Å². The van der Waals surface area contributed by atoms with Gasteiger partial charge in [0.05, 0.1) is 0 Å². The second-order valence-electron chi connectivity index (χ2n) is 1.70. The van der Waals surface area contributed by atoms with Crippen molar-refractivity contribution in [2.75, 3.05) is 0 Å². The third kappa shape index (κ3) is 2.00. The molecule has 0 atom stereocenters. The predicted octanol–water partition coefficient (Wildman–Crippen LogP) is -4.47. The molecule has 1 aromatic rings. The average molecular weight is 236 g/mol. The monoisotopic (exact) mass is 235 g/mol. The van der Waals surface area contributed by atoms with E-state index in [2.05, 4.69) is 0 Å². The van der Waals surface area contributed by atoms with E-state index in [4.69, 9.17) is 23.6 Å². The Morgan fingerprint density at radius 3 is 1.54 bits per heavy atom. The van der Waals surface area contributed by atoms with Crippen molar-refractivity contribution in [1.29, 1.82) is 0 Å². The van der Waals surface area contributed by atoms with Gasteiger partial charge in [0.1, 0.15) is 0 Å². The Balaban J connectivity index is 0.00000144. The van der Waals surface area contributed by atoms with Gasteiger partial charge in [-0.05, 0) is 0 Å². The Hall–Kier alpha value is -0.210. The number of hydrogen-bond acceptors (Lipinski definition) is 4. The van der Waals surface area contributed by atoms with E-state index in [1.54, 1.807) is 0 Å². The molecule has 0 aliphatic rings. The van der Waals surface area contributed by atoms with Crippen molar-refractivity contribution < 1.29 is 29.6 Å². The summed E-state index contributed by atoms with van der Waals surface area (Å²) in [4.78, 5) is 31.8. The van der Waals surface area contributed by atoms with Crippen LogP contribution in [-0.4, -0.2) is 12.9 Å². The van der Waals surface area contributed by atoms with Crippen molar-refractivity contribution in [2.45, 2.75) is 0 Å². The molecule has 66 valence electrons. The summed E-state index contributed by atoms with van der Waals surface area (Å²) >= 11 is 9.97. The largest absolute Gasteiger partial charge is 1.00 e. The molecule has 1 rings (SSSR count). The maximum Gasteiger partial charge on any atom is 1.00 e. The minimum absolute atomic E-state index is 0. The predicted molar refractivity (Wildman–Crippen MR) is 40.5 cm³/mol. The summed E-state index contributed by atoms with van der Waals surface area (Å²) in [7, 11) is 0. The number of halogens is 2. The van der Waals surface area contributed by atoms with E-state index in [-0.39, 0.29) is 37.7 Å². The summed E-state index contributed by atoms with van der Waals surface area (Å²) < 4.78 is -0.829. The van der Waals surface area contributed by atoms with E-state index in [9.17, 15) is 19.6 Å². The molecule has 0 unspecified atom stereocenters. The molecule has 13 heavy (non-hydrogen) atoms. The Morgan fingerprint density at radius 2 is 1.23 bits per heavy atom. The molecule has 0 N–H and O–H groups in total. The first-order chi connectivity index (χ1) is 5.46. The first-order valence-electron chi connectivity index (χ1n) is 2.47. The molecule has 7 nitrogen and oxygen atoms in total. The molecule has 0 radical (unpaired) electrons. The fraction of sp³-hybridized carbons (Fsp3) is 0. The summed E-state index contributed by atoms with van der Waals surface area (Å²) in [6, 6.07) is 0. The van der Waals surface area contributed by atoms with Crippen molar-refractivity contribution in [1.82, 2.24) is 12.9 Å². The zero-order valence-corrected chi connectivity index (χ0v) is 9.74. The topological polar surface area (TPSA) is 89.1 Å². The molecule has 0 bridgehead atoms. The number of nitrogens with zero attached hydrogens (tertiary/aromatic N) is 3. The van der Waals surface area contributed by atoms with Gasteiger partial charge in [0.25, 0.3) is 0 Å². The van der Waals surface area contributed by atoms with E-state index >= 15 is 0 Å². The molecule has 0 aliphatic carbocycles. The van der Waals surface area contributed by atoms with Crippen LogP contribution in [0.2, 0.25) is 0 Å². The van der Waals surface area contributed by atoms with Crippen LogP contribution in [0.3, 0.4) is 0 Å². The number of hydrogen-bond donors (Lipinski definition) is 0. The van der Waals surface area contributed by atoms with Crippen LogP contribution < -0.4 is 46.6 Å². The Morgan fingerprint density at radius 1 is 0.923 bits per heavy atom. The number of aromatic nitrogens is 3. The van der Waals surface area contributed by atoms with Gasteiger partial charge in [-0.1, -0.05) is 0 Å². The van der Waals surface area contributed by atoms with Gasteiger partial charge < -0.3 is 5.21 Å². The van der Waals surface area contributed by atoms with Crippen LogP contribution in [0.1, 0.15) is 0 Å². The molecule has 1 aromatic heterocycles. The van der Waals surface area contributed by atoms with Crippen molar-refractivity contribution in [3.05, 3.63) is 36.7 Å². The van der Waals surface area contributed by atoms with Gasteiger partial charge in [-0.15, -0.1) is 8.17 Å². The van der Waals surface area contributed by atoms with Crippen LogP contribution in [0.25, 0.3) is 0 Å². The van der Waals surface area contributed by atoms with Crippen molar-refractivity contribution in [3.63, 3.8) is 0 Å². The molecular weight excluding hydrogens is 236 g/mol. The van der Waals surface area contributed by atoms with Gasteiger partial charge >= 0.3 is 46.6 Å². The fourth-order valence-corrected chi connectivity index (χ4v) is 0.809. The summed E-state index contributed by atoms with van der Waals surface area (Å²) in [5, 5.41) is 10.5. The quantitative estimate of drug-likeness (QED) is 0.425. The van der Waals surface area contributed by atoms with E-state index in [1.807, 2.05) is 0 Å².